The van der Waals surface area contributed by atoms with E-state index in [1.807, 2.05) is 0 Å². The lowest BCUT2D eigenvalue weighted by Crippen LogP contribution is -2.62. The fourth-order valence-corrected chi connectivity index (χ4v) is 8.75. The van der Waals surface area contributed by atoms with Gasteiger partial charge in [-0.3, -0.25) is 0 Å². The molecule has 4 fully saturated rings. The largest absolute Gasteiger partial charge is 0.396 e. The summed E-state index contributed by atoms with van der Waals surface area (Å²) in [5, 5.41) is 42.2. The van der Waals surface area contributed by atoms with Crippen LogP contribution in [0.2, 0.25) is 0 Å². The van der Waals surface area contributed by atoms with Gasteiger partial charge < -0.3 is 20.4 Å². The summed E-state index contributed by atoms with van der Waals surface area (Å²) in [5.74, 6) is 2.41. The Labute approximate surface area is 170 Å². The smallest absolute Gasteiger partial charge is 0.0602 e. The molecule has 162 valence electrons. The Kier molecular flexibility index (Phi) is 5.66. The summed E-state index contributed by atoms with van der Waals surface area (Å²) in [4.78, 5) is 0. The van der Waals surface area contributed by atoms with E-state index in [2.05, 4.69) is 20.8 Å². The third kappa shape index (κ3) is 3.01. The summed E-state index contributed by atoms with van der Waals surface area (Å²) < 4.78 is 0. The number of fused-ring (bicyclic) bond motifs is 5. The Balaban J connectivity index is 1.62. The molecule has 4 nitrogen and oxygen atoms in total. The maximum absolute atomic E-state index is 11.5. The van der Waals surface area contributed by atoms with Crippen molar-refractivity contribution in [3.8, 4) is 0 Å². The molecule has 2 unspecified atom stereocenters. The van der Waals surface area contributed by atoms with Crippen LogP contribution < -0.4 is 0 Å². The van der Waals surface area contributed by atoms with Crippen molar-refractivity contribution in [2.75, 3.05) is 6.61 Å². The number of hydrogen-bond acceptors (Lipinski definition) is 4. The van der Waals surface area contributed by atoms with Crippen LogP contribution in [0.15, 0.2) is 0 Å². The molecule has 0 amide bonds. The van der Waals surface area contributed by atoms with Crippen LogP contribution in [-0.4, -0.2) is 45.3 Å². The minimum Gasteiger partial charge on any atom is -0.396 e. The Morgan fingerprint density at radius 1 is 0.964 bits per heavy atom. The maximum Gasteiger partial charge on any atom is 0.0602 e. The summed E-state index contributed by atoms with van der Waals surface area (Å²) in [6.45, 7) is 7.23. The first-order valence-corrected chi connectivity index (χ1v) is 11.9. The van der Waals surface area contributed by atoms with Crippen molar-refractivity contribution >= 4 is 0 Å². The van der Waals surface area contributed by atoms with E-state index in [0.717, 1.165) is 57.8 Å². The Hall–Kier alpha value is -0.160. The molecule has 4 rings (SSSR count). The van der Waals surface area contributed by atoms with E-state index in [9.17, 15) is 20.4 Å². The topological polar surface area (TPSA) is 80.9 Å². The molecule has 0 spiro atoms. The average molecular weight is 395 g/mol. The molecule has 0 aliphatic heterocycles. The molecular weight excluding hydrogens is 352 g/mol. The number of rotatable bonds is 4. The van der Waals surface area contributed by atoms with Gasteiger partial charge in [0.15, 0.2) is 0 Å². The van der Waals surface area contributed by atoms with Crippen LogP contribution in [0.4, 0.5) is 0 Å². The zero-order valence-corrected chi connectivity index (χ0v) is 18.1. The van der Waals surface area contributed by atoms with Crippen molar-refractivity contribution < 1.29 is 20.4 Å². The highest BCUT2D eigenvalue weighted by Crippen LogP contribution is 2.68. The van der Waals surface area contributed by atoms with Gasteiger partial charge in [0.25, 0.3) is 0 Å². The number of hydrogen-bond donors (Lipinski definition) is 4. The van der Waals surface area contributed by atoms with Crippen LogP contribution >= 0.6 is 0 Å². The van der Waals surface area contributed by atoms with E-state index >= 15 is 0 Å². The fraction of sp³-hybridized carbons (Fsp3) is 1.00. The van der Waals surface area contributed by atoms with Crippen molar-refractivity contribution in [1.29, 1.82) is 0 Å². The third-order valence-corrected chi connectivity index (χ3v) is 10.3. The van der Waals surface area contributed by atoms with Crippen molar-refractivity contribution in [2.24, 2.45) is 46.3 Å². The second kappa shape index (κ2) is 7.51. The van der Waals surface area contributed by atoms with E-state index in [1.54, 1.807) is 0 Å². The molecular formula is C24H42O4. The van der Waals surface area contributed by atoms with E-state index in [0.29, 0.717) is 35.5 Å². The van der Waals surface area contributed by atoms with Crippen LogP contribution in [0.1, 0.15) is 78.6 Å². The minimum atomic E-state index is -0.308. The first-order chi connectivity index (χ1) is 13.2. The van der Waals surface area contributed by atoms with Crippen LogP contribution in [0, 0.1) is 46.3 Å². The van der Waals surface area contributed by atoms with Gasteiger partial charge in [-0.15, -0.1) is 0 Å². The highest BCUT2D eigenvalue weighted by molar-refractivity contribution is 5.14. The predicted octanol–water partition coefficient (Wildman–Crippen LogP) is 3.36. The normalized spacial score (nSPS) is 54.5. The summed E-state index contributed by atoms with van der Waals surface area (Å²) in [6.07, 6.45) is 7.62. The molecule has 0 heterocycles. The molecule has 0 saturated heterocycles. The van der Waals surface area contributed by atoms with Gasteiger partial charge in [-0.25, -0.2) is 0 Å². The quantitative estimate of drug-likeness (QED) is 0.589. The van der Waals surface area contributed by atoms with Gasteiger partial charge in [0, 0.05) is 6.61 Å². The predicted molar refractivity (Wildman–Crippen MR) is 109 cm³/mol. The van der Waals surface area contributed by atoms with Gasteiger partial charge in [0.05, 0.1) is 18.3 Å². The first kappa shape index (κ1) is 21.1. The molecule has 0 bridgehead atoms. The second-order valence-electron chi connectivity index (χ2n) is 11.4. The van der Waals surface area contributed by atoms with Crippen molar-refractivity contribution in [3.05, 3.63) is 0 Å². The average Bonchev–Trinajstić information content (AvgIpc) is 3.01. The third-order valence-electron chi connectivity index (χ3n) is 10.3. The standard InChI is InChI=1S/C24H42O4/c1-14(5-4-10-25)17-6-7-18-22-19(13-21(28)24(17,18)3)23(2)9-8-16(26)11-15(23)12-20(22)27/h14-22,25-28H,4-13H2,1-3H3/t14?,15?,16-,17-,18+,19+,20-,21+,22+,23+,24-/m1/s1. The monoisotopic (exact) mass is 394 g/mol. The Morgan fingerprint density at radius 3 is 2.43 bits per heavy atom. The minimum absolute atomic E-state index is 0.117. The maximum atomic E-state index is 11.5. The van der Waals surface area contributed by atoms with E-state index < -0.39 is 0 Å². The van der Waals surface area contributed by atoms with Gasteiger partial charge in [-0.1, -0.05) is 20.8 Å². The molecule has 0 aromatic rings. The molecule has 28 heavy (non-hydrogen) atoms. The molecule has 4 saturated carbocycles. The molecule has 0 aromatic heterocycles. The number of aliphatic hydroxyl groups is 4. The van der Waals surface area contributed by atoms with E-state index in [1.165, 1.54) is 0 Å². The lowest BCUT2D eigenvalue weighted by molar-refractivity contribution is -0.207. The van der Waals surface area contributed by atoms with Crippen molar-refractivity contribution in [2.45, 2.75) is 96.9 Å². The van der Waals surface area contributed by atoms with Crippen LogP contribution in [-0.2, 0) is 0 Å². The molecule has 4 aliphatic rings. The molecule has 4 heteroatoms. The zero-order chi connectivity index (χ0) is 20.3. The Bertz CT molecular complexity index is 567. The summed E-state index contributed by atoms with van der Waals surface area (Å²) >= 11 is 0. The Morgan fingerprint density at radius 2 is 1.71 bits per heavy atom. The summed E-state index contributed by atoms with van der Waals surface area (Å²) in [5.41, 5.74) is 0.0282. The van der Waals surface area contributed by atoms with Gasteiger partial charge >= 0.3 is 0 Å². The molecule has 4 aliphatic carbocycles. The van der Waals surface area contributed by atoms with Crippen molar-refractivity contribution in [1.82, 2.24) is 0 Å². The molecule has 0 radical (unpaired) electrons. The van der Waals surface area contributed by atoms with Gasteiger partial charge in [0.2, 0.25) is 0 Å². The molecule has 11 atom stereocenters. The molecule has 0 aromatic carbocycles. The highest BCUT2D eigenvalue weighted by Gasteiger charge is 2.65. The summed E-state index contributed by atoms with van der Waals surface area (Å²) in [7, 11) is 0. The zero-order valence-electron chi connectivity index (χ0n) is 18.1. The fourth-order valence-electron chi connectivity index (χ4n) is 8.75. The molecule has 4 N–H and O–H groups in total. The SMILES string of the molecule is CC(CCCO)[C@H]1CC[C@H]2[C@@H]3[C@H](O)CC4C[C@H](O)CC[C@]4(C)[C@H]3C[C@H](O)[C@]12C. The number of aliphatic hydroxyl groups excluding tert-OH is 4. The van der Waals surface area contributed by atoms with E-state index in [-0.39, 0.29) is 35.7 Å². The van der Waals surface area contributed by atoms with E-state index in [4.69, 9.17) is 0 Å². The highest BCUT2D eigenvalue weighted by atomic mass is 16.3. The van der Waals surface area contributed by atoms with Crippen LogP contribution in [0.3, 0.4) is 0 Å². The van der Waals surface area contributed by atoms with Crippen LogP contribution in [0.25, 0.3) is 0 Å². The lowest BCUT2D eigenvalue weighted by Gasteiger charge is -2.63. The lowest BCUT2D eigenvalue weighted by atomic mass is 9.43. The van der Waals surface area contributed by atoms with Crippen LogP contribution in [0.5, 0.6) is 0 Å². The van der Waals surface area contributed by atoms with Crippen molar-refractivity contribution in [3.63, 3.8) is 0 Å². The summed E-state index contributed by atoms with van der Waals surface area (Å²) in [6, 6.07) is 0. The second-order valence-corrected chi connectivity index (χ2v) is 11.4. The first-order valence-electron chi connectivity index (χ1n) is 11.9. The van der Waals surface area contributed by atoms with Gasteiger partial charge in [-0.2, -0.15) is 0 Å². The van der Waals surface area contributed by atoms with Gasteiger partial charge in [-0.05, 0) is 104 Å². The van der Waals surface area contributed by atoms with Gasteiger partial charge in [0.1, 0.15) is 0 Å².